The Morgan fingerprint density at radius 1 is 1.39 bits per heavy atom. The first kappa shape index (κ1) is 12.9. The molecule has 98 valence electrons. The van der Waals surface area contributed by atoms with Gasteiger partial charge in [0.25, 0.3) is 0 Å². The number of hydrogen-bond acceptors (Lipinski definition) is 3. The molecule has 0 bridgehead atoms. The maximum absolute atomic E-state index is 10.7. The lowest BCUT2D eigenvalue weighted by Crippen LogP contribution is -2.26. The van der Waals surface area contributed by atoms with Crippen LogP contribution < -0.4 is 4.74 Å². The quantitative estimate of drug-likeness (QED) is 0.804. The van der Waals surface area contributed by atoms with Gasteiger partial charge >= 0.3 is 5.97 Å². The van der Waals surface area contributed by atoms with E-state index in [1.165, 1.54) is 12.8 Å². The number of aromatic carboxylic acids is 1. The van der Waals surface area contributed by atoms with Gasteiger partial charge in [-0.2, -0.15) is 0 Å². The molecular weight excluding hydrogens is 230 g/mol. The molecular formula is C14H19NO3. The highest BCUT2D eigenvalue weighted by Crippen LogP contribution is 2.29. The number of carbonyl (C=O) groups is 1. The van der Waals surface area contributed by atoms with Crippen molar-refractivity contribution in [3.8, 4) is 5.75 Å². The van der Waals surface area contributed by atoms with E-state index in [1.807, 2.05) is 0 Å². The number of carboxylic acid groups (broad SMARTS) is 1. The fraction of sp³-hybridized carbons (Fsp3) is 0.500. The molecule has 18 heavy (non-hydrogen) atoms. The normalized spacial score (nSPS) is 14.8. The van der Waals surface area contributed by atoms with Crippen LogP contribution in [0.1, 0.15) is 23.2 Å². The van der Waals surface area contributed by atoms with Gasteiger partial charge in [-0.15, -0.1) is 0 Å². The lowest BCUT2D eigenvalue weighted by molar-refractivity contribution is 0.0697. The van der Waals surface area contributed by atoms with E-state index in [1.54, 1.807) is 24.3 Å². The first-order valence-electron chi connectivity index (χ1n) is 6.30. The molecule has 2 rings (SSSR count). The van der Waals surface area contributed by atoms with Crippen molar-refractivity contribution in [2.45, 2.75) is 12.8 Å². The summed E-state index contributed by atoms with van der Waals surface area (Å²) in [5.74, 6) is 0.704. The second kappa shape index (κ2) is 5.87. The van der Waals surface area contributed by atoms with Crippen molar-refractivity contribution in [2.75, 3.05) is 26.7 Å². The zero-order chi connectivity index (χ0) is 13.0. The van der Waals surface area contributed by atoms with Crippen LogP contribution in [0.25, 0.3) is 0 Å². The van der Waals surface area contributed by atoms with Crippen molar-refractivity contribution in [3.05, 3.63) is 29.8 Å². The van der Waals surface area contributed by atoms with Crippen LogP contribution in [-0.4, -0.2) is 42.7 Å². The van der Waals surface area contributed by atoms with Crippen molar-refractivity contribution in [1.29, 1.82) is 0 Å². The number of carboxylic acids is 1. The zero-order valence-corrected chi connectivity index (χ0v) is 10.6. The largest absolute Gasteiger partial charge is 0.492 e. The van der Waals surface area contributed by atoms with Gasteiger partial charge in [0.2, 0.25) is 0 Å². The molecule has 4 heteroatoms. The van der Waals surface area contributed by atoms with Crippen LogP contribution in [0, 0.1) is 5.92 Å². The van der Waals surface area contributed by atoms with Gasteiger partial charge in [0.15, 0.2) is 0 Å². The van der Waals surface area contributed by atoms with Gasteiger partial charge < -0.3 is 14.7 Å². The molecule has 0 heterocycles. The molecule has 0 spiro atoms. The van der Waals surface area contributed by atoms with E-state index >= 15 is 0 Å². The molecule has 1 N–H and O–H groups in total. The molecule has 1 aromatic carbocycles. The number of nitrogens with zero attached hydrogens (tertiary/aromatic N) is 1. The topological polar surface area (TPSA) is 49.8 Å². The Hall–Kier alpha value is -1.55. The minimum Gasteiger partial charge on any atom is -0.492 e. The number of hydrogen-bond donors (Lipinski definition) is 1. The van der Waals surface area contributed by atoms with E-state index in [2.05, 4.69) is 11.9 Å². The first-order valence-corrected chi connectivity index (χ1v) is 6.30. The lowest BCUT2D eigenvalue weighted by Gasteiger charge is -2.16. The predicted molar refractivity (Wildman–Crippen MR) is 69.1 cm³/mol. The Morgan fingerprint density at radius 3 is 2.61 bits per heavy atom. The summed E-state index contributed by atoms with van der Waals surface area (Å²) in [5, 5.41) is 8.77. The molecule has 0 atom stereocenters. The van der Waals surface area contributed by atoms with Crippen LogP contribution >= 0.6 is 0 Å². The summed E-state index contributed by atoms with van der Waals surface area (Å²) in [5.41, 5.74) is 0.285. The Kier molecular flexibility index (Phi) is 4.20. The molecule has 1 aliphatic rings. The van der Waals surface area contributed by atoms with Gasteiger partial charge in [0.1, 0.15) is 12.4 Å². The van der Waals surface area contributed by atoms with Gasteiger partial charge in [-0.25, -0.2) is 4.79 Å². The Balaban J connectivity index is 1.70. The average Bonchev–Trinajstić information content (AvgIpc) is 3.13. The molecule has 0 unspecified atom stereocenters. The minimum atomic E-state index is -0.911. The minimum absolute atomic E-state index is 0.285. The van der Waals surface area contributed by atoms with E-state index < -0.39 is 5.97 Å². The van der Waals surface area contributed by atoms with Crippen LogP contribution in [0.3, 0.4) is 0 Å². The third-order valence-electron chi connectivity index (χ3n) is 3.11. The highest BCUT2D eigenvalue weighted by atomic mass is 16.5. The molecule has 1 saturated carbocycles. The van der Waals surface area contributed by atoms with E-state index in [0.717, 1.165) is 24.8 Å². The van der Waals surface area contributed by atoms with Crippen LogP contribution in [-0.2, 0) is 0 Å². The van der Waals surface area contributed by atoms with Crippen LogP contribution in [0.4, 0.5) is 0 Å². The predicted octanol–water partition coefficient (Wildman–Crippen LogP) is 2.11. The second-order valence-electron chi connectivity index (χ2n) is 4.88. The first-order chi connectivity index (χ1) is 8.65. The Labute approximate surface area is 107 Å². The molecule has 1 fully saturated rings. The van der Waals surface area contributed by atoms with Crippen molar-refractivity contribution in [3.63, 3.8) is 0 Å². The number of rotatable bonds is 7. The average molecular weight is 249 g/mol. The van der Waals surface area contributed by atoms with Crippen molar-refractivity contribution < 1.29 is 14.6 Å². The zero-order valence-electron chi connectivity index (χ0n) is 10.6. The molecule has 1 aromatic rings. The third-order valence-corrected chi connectivity index (χ3v) is 3.11. The van der Waals surface area contributed by atoms with Gasteiger partial charge in [-0.1, -0.05) is 0 Å². The Bertz CT molecular complexity index is 398. The van der Waals surface area contributed by atoms with Crippen molar-refractivity contribution in [1.82, 2.24) is 4.90 Å². The summed E-state index contributed by atoms with van der Waals surface area (Å²) >= 11 is 0. The van der Waals surface area contributed by atoms with Crippen LogP contribution in [0.15, 0.2) is 24.3 Å². The molecule has 4 nitrogen and oxygen atoms in total. The highest BCUT2D eigenvalue weighted by Gasteiger charge is 2.22. The highest BCUT2D eigenvalue weighted by molar-refractivity contribution is 5.87. The fourth-order valence-corrected chi connectivity index (χ4v) is 1.85. The maximum Gasteiger partial charge on any atom is 0.335 e. The van der Waals surface area contributed by atoms with E-state index in [0.29, 0.717) is 6.61 Å². The van der Waals surface area contributed by atoms with E-state index in [-0.39, 0.29) is 5.56 Å². The van der Waals surface area contributed by atoms with Gasteiger partial charge in [-0.05, 0) is 50.1 Å². The number of likely N-dealkylation sites (N-methyl/N-ethyl adjacent to an activating group) is 1. The smallest absolute Gasteiger partial charge is 0.335 e. The summed E-state index contributed by atoms with van der Waals surface area (Å²) in [4.78, 5) is 13.0. The van der Waals surface area contributed by atoms with Crippen molar-refractivity contribution >= 4 is 5.97 Å². The Morgan fingerprint density at radius 2 is 2.06 bits per heavy atom. The molecule has 0 aliphatic heterocycles. The molecule has 0 radical (unpaired) electrons. The summed E-state index contributed by atoms with van der Waals surface area (Å²) in [6.45, 7) is 2.69. The molecule has 0 aromatic heterocycles. The summed E-state index contributed by atoms with van der Waals surface area (Å²) in [7, 11) is 2.11. The van der Waals surface area contributed by atoms with Gasteiger partial charge in [0, 0.05) is 13.1 Å². The third kappa shape index (κ3) is 4.04. The SMILES string of the molecule is CN(CCOc1ccc(C(=O)O)cc1)CC1CC1. The standard InChI is InChI=1S/C14H19NO3/c1-15(10-11-2-3-11)8-9-18-13-6-4-12(5-7-13)14(16)17/h4-7,11H,2-3,8-10H2,1H3,(H,16,17). The lowest BCUT2D eigenvalue weighted by atomic mass is 10.2. The number of ether oxygens (including phenoxy) is 1. The molecule has 1 aliphatic carbocycles. The molecule has 0 amide bonds. The molecule has 0 saturated heterocycles. The maximum atomic E-state index is 10.7. The monoisotopic (exact) mass is 249 g/mol. The second-order valence-corrected chi connectivity index (χ2v) is 4.88. The number of benzene rings is 1. The summed E-state index contributed by atoms with van der Waals surface area (Å²) < 4.78 is 5.58. The van der Waals surface area contributed by atoms with Gasteiger partial charge in [-0.3, -0.25) is 0 Å². The summed E-state index contributed by atoms with van der Waals surface area (Å²) in [6, 6.07) is 6.52. The van der Waals surface area contributed by atoms with Gasteiger partial charge in [0.05, 0.1) is 5.56 Å². The fourth-order valence-electron chi connectivity index (χ4n) is 1.85. The van der Waals surface area contributed by atoms with Crippen LogP contribution in [0.5, 0.6) is 5.75 Å². The van der Waals surface area contributed by atoms with E-state index in [9.17, 15) is 4.79 Å². The van der Waals surface area contributed by atoms with Crippen LogP contribution in [0.2, 0.25) is 0 Å². The van der Waals surface area contributed by atoms with Crippen molar-refractivity contribution in [2.24, 2.45) is 5.92 Å². The van der Waals surface area contributed by atoms with E-state index in [4.69, 9.17) is 9.84 Å². The summed E-state index contributed by atoms with van der Waals surface area (Å²) in [6.07, 6.45) is 2.73.